The third-order valence-corrected chi connectivity index (χ3v) is 6.76. The Morgan fingerprint density at radius 3 is 2.49 bits per heavy atom. The molecule has 0 saturated carbocycles. The van der Waals surface area contributed by atoms with Crippen LogP contribution in [0.15, 0.2) is 71.8 Å². The molecule has 1 heterocycles. The van der Waals surface area contributed by atoms with Crippen LogP contribution in [0, 0.1) is 23.0 Å². The van der Waals surface area contributed by atoms with Gasteiger partial charge in [-0.15, -0.1) is 0 Å². The maximum absolute atomic E-state index is 15.2. The summed E-state index contributed by atoms with van der Waals surface area (Å²) in [5, 5.41) is 15.6. The summed E-state index contributed by atoms with van der Waals surface area (Å²) in [4.78, 5) is 25.9. The lowest BCUT2D eigenvalue weighted by Gasteiger charge is -2.13. The second-order valence-electron chi connectivity index (χ2n) is 8.23. The number of ether oxygens (including phenoxy) is 1. The van der Waals surface area contributed by atoms with Crippen LogP contribution in [-0.4, -0.2) is 42.9 Å². The van der Waals surface area contributed by atoms with E-state index in [0.717, 1.165) is 35.3 Å². The van der Waals surface area contributed by atoms with Gasteiger partial charge in [-0.25, -0.2) is 26.7 Å². The van der Waals surface area contributed by atoms with E-state index in [9.17, 15) is 27.7 Å². The van der Waals surface area contributed by atoms with Gasteiger partial charge in [0.2, 0.25) is 0 Å². The predicted molar refractivity (Wildman–Crippen MR) is 137 cm³/mol. The highest BCUT2D eigenvalue weighted by atomic mass is 32.2. The van der Waals surface area contributed by atoms with Gasteiger partial charge in [-0.05, 0) is 48.9 Å². The molecule has 3 aromatic carbocycles. The number of carbonyl (C=O) groups excluding carboxylic acids is 2. The fourth-order valence-corrected chi connectivity index (χ4v) is 4.76. The molecule has 0 aliphatic heterocycles. The SMILES string of the molecule is CCOC(=O)c1cnn(-c2ccc(F)c(C#N)c2)c1C(=O)Nc1ccc(-c2ccccc2S(C)(=O)=O)cc1F. The lowest BCUT2D eigenvalue weighted by atomic mass is 10.0. The van der Waals surface area contributed by atoms with E-state index in [1.165, 1.54) is 30.3 Å². The zero-order valence-corrected chi connectivity index (χ0v) is 21.4. The first-order chi connectivity index (χ1) is 18.5. The van der Waals surface area contributed by atoms with Gasteiger partial charge in [0.25, 0.3) is 5.91 Å². The molecular weight excluding hydrogens is 530 g/mol. The highest BCUT2D eigenvalue weighted by Crippen LogP contribution is 2.30. The molecule has 4 aromatic rings. The Labute approximate surface area is 222 Å². The van der Waals surface area contributed by atoms with Gasteiger partial charge in [-0.3, -0.25) is 4.79 Å². The van der Waals surface area contributed by atoms with Crippen molar-refractivity contribution in [3.63, 3.8) is 0 Å². The minimum atomic E-state index is -3.60. The number of halogens is 2. The van der Waals surface area contributed by atoms with Crippen LogP contribution in [0.25, 0.3) is 16.8 Å². The lowest BCUT2D eigenvalue weighted by Crippen LogP contribution is -2.21. The zero-order valence-electron chi connectivity index (χ0n) is 20.6. The largest absolute Gasteiger partial charge is 0.462 e. The van der Waals surface area contributed by atoms with Crippen molar-refractivity contribution < 1.29 is 31.5 Å². The monoisotopic (exact) mass is 550 g/mol. The molecule has 12 heteroatoms. The topological polar surface area (TPSA) is 131 Å². The number of nitrogens with one attached hydrogen (secondary N) is 1. The zero-order chi connectivity index (χ0) is 28.3. The van der Waals surface area contributed by atoms with Crippen molar-refractivity contribution >= 4 is 27.4 Å². The molecule has 0 bridgehead atoms. The number of nitriles is 1. The molecular formula is C27H20F2N4O5S. The lowest BCUT2D eigenvalue weighted by molar-refractivity contribution is 0.0523. The summed E-state index contributed by atoms with van der Waals surface area (Å²) in [6, 6.07) is 15.0. The average molecular weight is 551 g/mol. The van der Waals surface area contributed by atoms with E-state index in [1.807, 2.05) is 0 Å². The second kappa shape index (κ2) is 10.8. The van der Waals surface area contributed by atoms with Crippen molar-refractivity contribution in [1.82, 2.24) is 9.78 Å². The number of rotatable bonds is 7. The number of amides is 1. The standard InChI is InChI=1S/C27H20F2N4O5S/c1-3-38-27(35)20-15-31-33(18-9-10-21(28)17(12-18)14-30)25(20)26(34)32-23-11-8-16(13-22(23)29)19-6-4-5-7-24(19)39(2,36)37/h4-13,15H,3H2,1-2H3,(H,32,34). The van der Waals surface area contributed by atoms with Crippen molar-refractivity contribution in [2.75, 3.05) is 18.2 Å². The number of anilines is 1. The summed E-state index contributed by atoms with van der Waals surface area (Å²) in [5.41, 5.74) is -0.515. The van der Waals surface area contributed by atoms with Crippen molar-refractivity contribution in [3.05, 3.63) is 95.3 Å². The minimum Gasteiger partial charge on any atom is -0.462 e. The first kappa shape index (κ1) is 27.2. The van der Waals surface area contributed by atoms with Gasteiger partial charge in [0.1, 0.15) is 29.0 Å². The van der Waals surface area contributed by atoms with Gasteiger partial charge in [-0.1, -0.05) is 24.3 Å². The number of benzene rings is 3. The Bertz CT molecular complexity index is 1760. The smallest absolute Gasteiger partial charge is 0.342 e. The van der Waals surface area contributed by atoms with E-state index in [1.54, 1.807) is 25.1 Å². The van der Waals surface area contributed by atoms with Crippen molar-refractivity contribution in [2.24, 2.45) is 0 Å². The Hall–Kier alpha value is -4.89. The van der Waals surface area contributed by atoms with E-state index in [4.69, 9.17) is 4.74 Å². The fourth-order valence-electron chi connectivity index (χ4n) is 3.85. The van der Waals surface area contributed by atoms with Gasteiger partial charge in [0.05, 0.1) is 34.6 Å². The van der Waals surface area contributed by atoms with Crippen molar-refractivity contribution in [3.8, 4) is 22.9 Å². The highest BCUT2D eigenvalue weighted by Gasteiger charge is 2.26. The average Bonchev–Trinajstić information content (AvgIpc) is 3.35. The quantitative estimate of drug-likeness (QED) is 0.335. The predicted octanol–water partition coefficient (Wildman–Crippen LogP) is 4.52. The highest BCUT2D eigenvalue weighted by molar-refractivity contribution is 7.90. The summed E-state index contributed by atoms with van der Waals surface area (Å²) in [6.07, 6.45) is 2.12. The van der Waals surface area contributed by atoms with Crippen LogP contribution in [0.4, 0.5) is 14.5 Å². The Morgan fingerprint density at radius 2 is 1.82 bits per heavy atom. The molecule has 1 N–H and O–H groups in total. The molecule has 0 fully saturated rings. The number of hydrogen-bond donors (Lipinski definition) is 1. The molecule has 198 valence electrons. The molecule has 0 atom stereocenters. The number of sulfone groups is 1. The number of aromatic nitrogens is 2. The van der Waals surface area contributed by atoms with Gasteiger partial charge in [0, 0.05) is 11.8 Å². The maximum atomic E-state index is 15.2. The van der Waals surface area contributed by atoms with E-state index < -0.39 is 33.3 Å². The molecule has 1 amide bonds. The normalized spacial score (nSPS) is 11.1. The Morgan fingerprint density at radius 1 is 1.08 bits per heavy atom. The van der Waals surface area contributed by atoms with E-state index in [2.05, 4.69) is 10.4 Å². The molecule has 0 saturated heterocycles. The molecule has 0 aliphatic carbocycles. The van der Waals surface area contributed by atoms with Crippen LogP contribution >= 0.6 is 0 Å². The van der Waals surface area contributed by atoms with Crippen LogP contribution in [-0.2, 0) is 14.6 Å². The first-order valence-corrected chi connectivity index (χ1v) is 13.3. The number of hydrogen-bond acceptors (Lipinski definition) is 7. The third-order valence-electron chi connectivity index (χ3n) is 5.61. The van der Waals surface area contributed by atoms with E-state index in [-0.39, 0.29) is 50.8 Å². The molecule has 0 spiro atoms. The number of nitrogens with zero attached hydrogens (tertiary/aromatic N) is 3. The van der Waals surface area contributed by atoms with E-state index in [0.29, 0.717) is 0 Å². The van der Waals surface area contributed by atoms with Crippen LogP contribution in [0.3, 0.4) is 0 Å². The molecule has 0 radical (unpaired) electrons. The van der Waals surface area contributed by atoms with Gasteiger partial charge >= 0.3 is 5.97 Å². The van der Waals surface area contributed by atoms with Crippen LogP contribution in [0.1, 0.15) is 33.3 Å². The first-order valence-electron chi connectivity index (χ1n) is 11.4. The molecule has 39 heavy (non-hydrogen) atoms. The Balaban J connectivity index is 1.74. The summed E-state index contributed by atoms with van der Waals surface area (Å²) in [6.45, 7) is 1.57. The summed E-state index contributed by atoms with van der Waals surface area (Å²) >= 11 is 0. The number of carbonyl (C=O) groups is 2. The Kier molecular flexibility index (Phi) is 7.55. The summed E-state index contributed by atoms with van der Waals surface area (Å²) < 4.78 is 59.4. The maximum Gasteiger partial charge on any atom is 0.342 e. The summed E-state index contributed by atoms with van der Waals surface area (Å²) in [7, 11) is -3.60. The van der Waals surface area contributed by atoms with Crippen molar-refractivity contribution in [1.29, 1.82) is 5.26 Å². The van der Waals surface area contributed by atoms with E-state index >= 15 is 4.39 Å². The molecule has 0 unspecified atom stereocenters. The molecule has 0 aliphatic rings. The van der Waals surface area contributed by atoms with Gasteiger partial charge < -0.3 is 10.1 Å². The van der Waals surface area contributed by atoms with Crippen molar-refractivity contribution in [2.45, 2.75) is 11.8 Å². The fraction of sp³-hybridized carbons (Fsp3) is 0.111. The second-order valence-corrected chi connectivity index (χ2v) is 10.2. The van der Waals surface area contributed by atoms with Gasteiger partial charge in [0.15, 0.2) is 9.84 Å². The van der Waals surface area contributed by atoms with Crippen LogP contribution in [0.5, 0.6) is 0 Å². The molecule has 4 rings (SSSR count). The van der Waals surface area contributed by atoms with Crippen LogP contribution < -0.4 is 5.32 Å². The molecule has 9 nitrogen and oxygen atoms in total. The third kappa shape index (κ3) is 5.53. The molecule has 1 aromatic heterocycles. The van der Waals surface area contributed by atoms with Gasteiger partial charge in [-0.2, -0.15) is 10.4 Å². The van der Waals surface area contributed by atoms with Crippen LogP contribution in [0.2, 0.25) is 0 Å². The minimum absolute atomic E-state index is 0.00520. The number of esters is 1. The summed E-state index contributed by atoms with van der Waals surface area (Å²) in [5.74, 6) is -3.47.